The largest absolute Gasteiger partial charge is 0.504 e. The molecule has 4 rings (SSSR count). The van der Waals surface area contributed by atoms with Crippen molar-refractivity contribution < 1.29 is 34.3 Å². The molecule has 3 aromatic rings. The van der Waals surface area contributed by atoms with Crippen LogP contribution in [-0.2, 0) is 4.79 Å². The van der Waals surface area contributed by atoms with Gasteiger partial charge in [-0.05, 0) is 53.4 Å². The third-order valence-corrected chi connectivity index (χ3v) is 6.45. The van der Waals surface area contributed by atoms with Gasteiger partial charge in [0.25, 0.3) is 0 Å². The molecule has 34 heavy (non-hydrogen) atoms. The second-order valence-corrected chi connectivity index (χ2v) is 8.79. The van der Waals surface area contributed by atoms with E-state index in [4.69, 9.17) is 19.3 Å². The van der Waals surface area contributed by atoms with Crippen molar-refractivity contribution in [2.75, 3.05) is 20.0 Å². The maximum absolute atomic E-state index is 10.5. The first-order valence-corrected chi connectivity index (χ1v) is 11.6. The minimum Gasteiger partial charge on any atom is -0.504 e. The molecule has 3 aromatic carbocycles. The van der Waals surface area contributed by atoms with E-state index in [0.29, 0.717) is 11.5 Å². The Hall–Kier alpha value is -3.52. The Morgan fingerprint density at radius 1 is 1.03 bits per heavy atom. The van der Waals surface area contributed by atoms with Crippen LogP contribution >= 0.6 is 11.8 Å². The highest BCUT2D eigenvalue weighted by atomic mass is 32.2. The molecule has 1 heterocycles. The van der Waals surface area contributed by atoms with Gasteiger partial charge in [-0.15, -0.1) is 11.8 Å². The summed E-state index contributed by atoms with van der Waals surface area (Å²) in [5, 5.41) is 28.0. The van der Waals surface area contributed by atoms with E-state index >= 15 is 0 Å². The van der Waals surface area contributed by atoms with Crippen molar-refractivity contribution in [2.45, 2.75) is 30.3 Å². The average molecular weight is 485 g/mol. The van der Waals surface area contributed by atoms with Crippen molar-refractivity contribution in [3.8, 4) is 28.7 Å². The first-order valence-electron chi connectivity index (χ1n) is 10.7. The van der Waals surface area contributed by atoms with Crippen LogP contribution in [0, 0.1) is 0 Å². The van der Waals surface area contributed by atoms with Crippen LogP contribution in [0.4, 0.5) is 0 Å². The molecule has 0 spiro atoms. The summed E-state index contributed by atoms with van der Waals surface area (Å²) in [4.78, 5) is 11.7. The minimum absolute atomic E-state index is 0.0345. The second-order valence-electron chi connectivity index (χ2n) is 7.73. The lowest BCUT2D eigenvalue weighted by Gasteiger charge is -2.26. The Bertz CT molecular complexity index is 1130. The summed E-state index contributed by atoms with van der Waals surface area (Å²) in [6.45, 7) is 1.80. The fourth-order valence-corrected chi connectivity index (χ4v) is 4.51. The van der Waals surface area contributed by atoms with Crippen molar-refractivity contribution in [3.05, 3.63) is 71.8 Å². The molecule has 0 saturated carbocycles. The molecule has 0 amide bonds. The number of ether oxygens (including phenoxy) is 3. The summed E-state index contributed by atoms with van der Waals surface area (Å²) in [6.07, 6.45) is 0.00267. The maximum atomic E-state index is 10.5. The highest BCUT2D eigenvalue weighted by Gasteiger charge is 2.22. The molecule has 180 valence electrons. The lowest BCUT2D eigenvalue weighted by atomic mass is 9.97. The number of para-hydroxylation sites is 1. The van der Waals surface area contributed by atoms with Gasteiger partial charge in [0, 0.05) is 10.6 Å². The van der Waals surface area contributed by atoms with Gasteiger partial charge in [0.15, 0.2) is 23.0 Å². The molecule has 1 aliphatic heterocycles. The van der Waals surface area contributed by atoms with E-state index in [0.717, 1.165) is 27.5 Å². The molecule has 0 aromatic heterocycles. The molecular formula is C26H28O7S. The highest BCUT2D eigenvalue weighted by Crippen LogP contribution is 2.41. The third kappa shape index (κ3) is 6.29. The Morgan fingerprint density at radius 2 is 1.68 bits per heavy atom. The number of hydrogen-bond acceptors (Lipinski definition) is 7. The van der Waals surface area contributed by atoms with Crippen LogP contribution in [0.15, 0.2) is 65.6 Å². The molecule has 0 fully saturated rings. The highest BCUT2D eigenvalue weighted by molar-refractivity contribution is 7.99. The fourth-order valence-electron chi connectivity index (χ4n) is 3.48. The van der Waals surface area contributed by atoms with Gasteiger partial charge in [-0.2, -0.15) is 0 Å². The number of aliphatic carboxylic acids is 1. The Morgan fingerprint density at radius 3 is 2.29 bits per heavy atom. The number of methoxy groups -OCH3 is 2. The van der Waals surface area contributed by atoms with Crippen molar-refractivity contribution in [3.63, 3.8) is 0 Å². The number of phenolic OH excluding ortho intramolecular Hbond substituents is 2. The van der Waals surface area contributed by atoms with Gasteiger partial charge in [-0.25, -0.2) is 0 Å². The normalized spacial score (nSPS) is 15.1. The minimum atomic E-state index is -0.849. The number of rotatable bonds is 6. The van der Waals surface area contributed by atoms with Crippen molar-refractivity contribution in [1.82, 2.24) is 0 Å². The standard InChI is InChI=1S/C15H14O3S.C11H14O4/c1-17-12-7-6-10(8-11(12)16)14-9-19-15-5-3-2-4-13(15)18-14;1-7(5-11(13)14)8-3-4-10(15-2)9(12)6-8/h2-8,14,16H,9H2,1H3;3-4,6-7,12H,5H2,1-2H3,(H,13,14). The number of thioether (sulfide) groups is 1. The lowest BCUT2D eigenvalue weighted by Crippen LogP contribution is -2.14. The van der Waals surface area contributed by atoms with E-state index in [2.05, 4.69) is 6.07 Å². The number of benzene rings is 3. The van der Waals surface area contributed by atoms with E-state index in [1.165, 1.54) is 20.3 Å². The molecular weight excluding hydrogens is 456 g/mol. The molecule has 2 unspecified atom stereocenters. The van der Waals surface area contributed by atoms with Crippen LogP contribution < -0.4 is 14.2 Å². The van der Waals surface area contributed by atoms with Gasteiger partial charge in [-0.1, -0.05) is 31.2 Å². The summed E-state index contributed by atoms with van der Waals surface area (Å²) in [6, 6.07) is 18.3. The van der Waals surface area contributed by atoms with Crippen LogP contribution in [0.2, 0.25) is 0 Å². The number of phenols is 2. The SMILES string of the molecule is COc1ccc(C(C)CC(=O)O)cc1O.COc1ccc(C2CSc3ccccc3O2)cc1O. The number of aromatic hydroxyl groups is 2. The van der Waals surface area contributed by atoms with Crippen molar-refractivity contribution >= 4 is 17.7 Å². The van der Waals surface area contributed by atoms with Gasteiger partial charge in [-0.3, -0.25) is 4.79 Å². The van der Waals surface area contributed by atoms with Crippen molar-refractivity contribution in [2.24, 2.45) is 0 Å². The zero-order valence-electron chi connectivity index (χ0n) is 19.2. The molecule has 3 N–H and O–H groups in total. The predicted molar refractivity (Wildman–Crippen MR) is 131 cm³/mol. The van der Waals surface area contributed by atoms with Crippen LogP contribution in [0.3, 0.4) is 0 Å². The number of hydrogen-bond donors (Lipinski definition) is 3. The van der Waals surface area contributed by atoms with Gasteiger partial charge >= 0.3 is 5.97 Å². The van der Waals surface area contributed by atoms with E-state index < -0.39 is 5.97 Å². The van der Waals surface area contributed by atoms with Crippen LogP contribution in [-0.4, -0.2) is 41.3 Å². The Balaban J connectivity index is 0.000000197. The summed E-state index contributed by atoms with van der Waals surface area (Å²) in [5.41, 5.74) is 1.75. The first-order chi connectivity index (χ1) is 16.3. The molecule has 2 atom stereocenters. The van der Waals surface area contributed by atoms with Crippen LogP contribution in [0.1, 0.15) is 36.5 Å². The van der Waals surface area contributed by atoms with Gasteiger partial charge in [0.05, 0.1) is 20.6 Å². The zero-order chi connectivity index (χ0) is 24.7. The maximum Gasteiger partial charge on any atom is 0.303 e. The monoisotopic (exact) mass is 484 g/mol. The Labute approximate surface area is 202 Å². The molecule has 1 aliphatic rings. The number of carbonyl (C=O) groups is 1. The molecule has 0 saturated heterocycles. The quantitative estimate of drug-likeness (QED) is 0.415. The zero-order valence-corrected chi connectivity index (χ0v) is 20.0. The summed E-state index contributed by atoms with van der Waals surface area (Å²) in [5.74, 6) is 1.81. The predicted octanol–water partition coefficient (Wildman–Crippen LogP) is 5.61. The molecule has 7 nitrogen and oxygen atoms in total. The van der Waals surface area contributed by atoms with Gasteiger partial charge in [0.2, 0.25) is 0 Å². The van der Waals surface area contributed by atoms with Gasteiger partial charge in [0.1, 0.15) is 11.9 Å². The van der Waals surface area contributed by atoms with E-state index in [-0.39, 0.29) is 29.9 Å². The van der Waals surface area contributed by atoms with Crippen LogP contribution in [0.25, 0.3) is 0 Å². The third-order valence-electron chi connectivity index (χ3n) is 5.34. The summed E-state index contributed by atoms with van der Waals surface area (Å²) < 4.78 is 15.9. The number of carboxylic acids is 1. The molecule has 8 heteroatoms. The van der Waals surface area contributed by atoms with E-state index in [9.17, 15) is 15.0 Å². The summed E-state index contributed by atoms with van der Waals surface area (Å²) in [7, 11) is 3.01. The molecule has 0 radical (unpaired) electrons. The lowest BCUT2D eigenvalue weighted by molar-refractivity contribution is -0.137. The molecule has 0 aliphatic carbocycles. The van der Waals surface area contributed by atoms with E-state index in [1.54, 1.807) is 43.0 Å². The van der Waals surface area contributed by atoms with Crippen LogP contribution in [0.5, 0.6) is 28.7 Å². The number of fused-ring (bicyclic) bond motifs is 1. The van der Waals surface area contributed by atoms with E-state index in [1.807, 2.05) is 24.3 Å². The number of carboxylic acid groups (broad SMARTS) is 1. The average Bonchev–Trinajstić information content (AvgIpc) is 2.83. The first kappa shape index (κ1) is 25.1. The second kappa shape index (κ2) is 11.6. The molecule has 0 bridgehead atoms. The summed E-state index contributed by atoms with van der Waals surface area (Å²) >= 11 is 1.77. The fraction of sp³-hybridized carbons (Fsp3) is 0.269. The van der Waals surface area contributed by atoms with Crippen molar-refractivity contribution in [1.29, 1.82) is 0 Å². The smallest absolute Gasteiger partial charge is 0.303 e. The Kier molecular flexibility index (Phi) is 8.54. The topological polar surface area (TPSA) is 105 Å². The van der Waals surface area contributed by atoms with Gasteiger partial charge < -0.3 is 29.5 Å².